The second-order valence-corrected chi connectivity index (χ2v) is 8.54. The van der Waals surface area contributed by atoms with Crippen molar-refractivity contribution >= 4 is 17.8 Å². The van der Waals surface area contributed by atoms with Crippen molar-refractivity contribution in [3.05, 3.63) is 30.3 Å². The van der Waals surface area contributed by atoms with E-state index in [2.05, 4.69) is 5.32 Å². The number of rotatable bonds is 6. The standard InChI is InChI=1S/C21H30N2O5/c1-20(2,3)18(25)23-12-10-15(11-13-23)17(24)22-21(4,19(26)27)14-28-16-8-6-5-7-9-16/h5-9,15H,10-14H2,1-4H3,(H,22,24)(H,26,27). The lowest BCUT2D eigenvalue weighted by Crippen LogP contribution is -2.58. The summed E-state index contributed by atoms with van der Waals surface area (Å²) in [5, 5.41) is 12.3. The first-order chi connectivity index (χ1) is 13.0. The number of carbonyl (C=O) groups excluding carboxylic acids is 2. The Bertz CT molecular complexity index is 705. The minimum atomic E-state index is -1.54. The van der Waals surface area contributed by atoms with Gasteiger partial charge in [-0.2, -0.15) is 0 Å². The van der Waals surface area contributed by atoms with Gasteiger partial charge in [0.25, 0.3) is 0 Å². The molecule has 2 N–H and O–H groups in total. The lowest BCUT2D eigenvalue weighted by molar-refractivity contribution is -0.149. The SMILES string of the molecule is CC(C)(C)C(=O)N1CCC(C(=O)NC(C)(COc2ccccc2)C(=O)O)CC1. The molecule has 154 valence electrons. The molecule has 7 heteroatoms. The summed E-state index contributed by atoms with van der Waals surface area (Å²) in [7, 11) is 0. The Morgan fingerprint density at radius 2 is 1.68 bits per heavy atom. The number of amides is 2. The summed E-state index contributed by atoms with van der Waals surface area (Å²) >= 11 is 0. The molecule has 7 nitrogen and oxygen atoms in total. The molecule has 1 aliphatic heterocycles. The van der Waals surface area contributed by atoms with Crippen molar-refractivity contribution in [1.82, 2.24) is 10.2 Å². The lowest BCUT2D eigenvalue weighted by Gasteiger charge is -2.36. The smallest absolute Gasteiger partial charge is 0.332 e. The van der Waals surface area contributed by atoms with Gasteiger partial charge in [0.2, 0.25) is 11.8 Å². The van der Waals surface area contributed by atoms with E-state index < -0.39 is 16.9 Å². The fourth-order valence-corrected chi connectivity index (χ4v) is 3.09. The summed E-state index contributed by atoms with van der Waals surface area (Å²) in [6.45, 7) is 7.88. The van der Waals surface area contributed by atoms with E-state index in [1.807, 2.05) is 26.8 Å². The molecule has 0 aromatic heterocycles. The van der Waals surface area contributed by atoms with Gasteiger partial charge >= 0.3 is 5.97 Å². The van der Waals surface area contributed by atoms with Crippen LogP contribution in [0.1, 0.15) is 40.5 Å². The van der Waals surface area contributed by atoms with Crippen LogP contribution in [0.15, 0.2) is 30.3 Å². The average molecular weight is 390 g/mol. The predicted molar refractivity (Wildman–Crippen MR) is 105 cm³/mol. The molecule has 1 heterocycles. The maximum atomic E-state index is 12.7. The van der Waals surface area contributed by atoms with Gasteiger partial charge in [-0.3, -0.25) is 9.59 Å². The number of para-hydroxylation sites is 1. The molecule has 1 atom stereocenters. The van der Waals surface area contributed by atoms with Gasteiger partial charge < -0.3 is 20.1 Å². The normalized spacial score (nSPS) is 17.5. The van der Waals surface area contributed by atoms with Crippen LogP contribution >= 0.6 is 0 Å². The summed E-state index contributed by atoms with van der Waals surface area (Å²) < 4.78 is 5.56. The third-order valence-corrected chi connectivity index (χ3v) is 4.94. The van der Waals surface area contributed by atoms with Crippen LogP contribution in [0.25, 0.3) is 0 Å². The van der Waals surface area contributed by atoms with Gasteiger partial charge in [-0.25, -0.2) is 4.79 Å². The maximum Gasteiger partial charge on any atom is 0.332 e. The van der Waals surface area contributed by atoms with Crippen LogP contribution < -0.4 is 10.1 Å². The maximum absolute atomic E-state index is 12.7. The highest BCUT2D eigenvalue weighted by Crippen LogP contribution is 2.24. The number of carboxylic acids is 1. The molecule has 1 unspecified atom stereocenters. The molecule has 0 spiro atoms. The summed E-state index contributed by atoms with van der Waals surface area (Å²) in [5.74, 6) is -1.18. The van der Waals surface area contributed by atoms with Crippen molar-refractivity contribution < 1.29 is 24.2 Å². The predicted octanol–water partition coefficient (Wildman–Crippen LogP) is 2.31. The number of hydrogen-bond donors (Lipinski definition) is 2. The second-order valence-electron chi connectivity index (χ2n) is 8.54. The Hall–Kier alpha value is -2.57. The van der Waals surface area contributed by atoms with Crippen molar-refractivity contribution in [1.29, 1.82) is 0 Å². The van der Waals surface area contributed by atoms with E-state index in [-0.39, 0.29) is 24.3 Å². The van der Waals surface area contributed by atoms with Gasteiger partial charge in [-0.05, 0) is 31.9 Å². The zero-order valence-electron chi connectivity index (χ0n) is 17.0. The fraction of sp³-hybridized carbons (Fsp3) is 0.571. The highest BCUT2D eigenvalue weighted by atomic mass is 16.5. The third-order valence-electron chi connectivity index (χ3n) is 4.94. The molecule has 0 radical (unpaired) electrons. The first-order valence-electron chi connectivity index (χ1n) is 9.55. The number of piperidine rings is 1. The molecule has 1 aromatic carbocycles. The van der Waals surface area contributed by atoms with E-state index in [1.54, 1.807) is 29.2 Å². The summed E-state index contributed by atoms with van der Waals surface area (Å²) in [6.07, 6.45) is 1.03. The van der Waals surface area contributed by atoms with Crippen LogP contribution in [-0.2, 0) is 14.4 Å². The van der Waals surface area contributed by atoms with Gasteiger partial charge in [0.1, 0.15) is 12.4 Å². The number of hydrogen-bond acceptors (Lipinski definition) is 4. The molecule has 0 aliphatic carbocycles. The zero-order chi connectivity index (χ0) is 20.9. The molecule has 28 heavy (non-hydrogen) atoms. The van der Waals surface area contributed by atoms with E-state index in [4.69, 9.17) is 4.74 Å². The average Bonchev–Trinajstić information content (AvgIpc) is 2.66. The van der Waals surface area contributed by atoms with Gasteiger partial charge in [0, 0.05) is 24.4 Å². The first-order valence-corrected chi connectivity index (χ1v) is 9.55. The Morgan fingerprint density at radius 1 is 1.11 bits per heavy atom. The van der Waals surface area contributed by atoms with Crippen LogP contribution in [0.4, 0.5) is 0 Å². The number of benzene rings is 1. The summed E-state index contributed by atoms with van der Waals surface area (Å²) in [5.41, 5.74) is -1.99. The topological polar surface area (TPSA) is 95.9 Å². The number of likely N-dealkylation sites (tertiary alicyclic amines) is 1. The van der Waals surface area contributed by atoms with Crippen LogP contribution in [0.5, 0.6) is 5.75 Å². The van der Waals surface area contributed by atoms with E-state index in [9.17, 15) is 19.5 Å². The number of aliphatic carboxylic acids is 1. The van der Waals surface area contributed by atoms with Crippen LogP contribution in [-0.4, -0.2) is 53.0 Å². The highest BCUT2D eigenvalue weighted by molar-refractivity contribution is 5.88. The number of nitrogens with one attached hydrogen (secondary N) is 1. The zero-order valence-corrected chi connectivity index (χ0v) is 17.0. The second kappa shape index (κ2) is 8.63. The fourth-order valence-electron chi connectivity index (χ4n) is 3.09. The van der Waals surface area contributed by atoms with Crippen molar-refractivity contribution in [3.8, 4) is 5.75 Å². The largest absolute Gasteiger partial charge is 0.491 e. The first kappa shape index (κ1) is 21.7. The van der Waals surface area contributed by atoms with Crippen molar-refractivity contribution in [2.45, 2.75) is 46.1 Å². The summed E-state index contributed by atoms with van der Waals surface area (Å²) in [4.78, 5) is 38.6. The highest BCUT2D eigenvalue weighted by Gasteiger charge is 2.39. The number of carbonyl (C=O) groups is 3. The van der Waals surface area contributed by atoms with E-state index in [0.717, 1.165) is 0 Å². The lowest BCUT2D eigenvalue weighted by atomic mass is 9.90. The molecule has 1 aliphatic rings. The van der Waals surface area contributed by atoms with E-state index >= 15 is 0 Å². The Balaban J connectivity index is 1.94. The molecular weight excluding hydrogens is 360 g/mol. The van der Waals surface area contributed by atoms with Crippen molar-refractivity contribution in [2.24, 2.45) is 11.3 Å². The van der Waals surface area contributed by atoms with Crippen LogP contribution in [0.2, 0.25) is 0 Å². The van der Waals surface area contributed by atoms with E-state index in [1.165, 1.54) is 6.92 Å². The number of ether oxygens (including phenoxy) is 1. The molecule has 0 bridgehead atoms. The molecule has 1 aromatic rings. The molecule has 0 saturated carbocycles. The Kier molecular flexibility index (Phi) is 6.69. The molecular formula is C21H30N2O5. The van der Waals surface area contributed by atoms with Crippen LogP contribution in [0, 0.1) is 11.3 Å². The molecule has 1 saturated heterocycles. The van der Waals surface area contributed by atoms with Gasteiger partial charge in [-0.15, -0.1) is 0 Å². The molecule has 1 fully saturated rings. The van der Waals surface area contributed by atoms with Gasteiger partial charge in [0.15, 0.2) is 5.54 Å². The minimum Gasteiger partial charge on any atom is -0.491 e. The quantitative estimate of drug-likeness (QED) is 0.777. The van der Waals surface area contributed by atoms with E-state index in [0.29, 0.717) is 31.7 Å². The Morgan fingerprint density at radius 3 is 2.18 bits per heavy atom. The van der Waals surface area contributed by atoms with Gasteiger partial charge in [-0.1, -0.05) is 39.0 Å². The Labute approximate surface area is 166 Å². The van der Waals surface area contributed by atoms with Crippen molar-refractivity contribution in [3.63, 3.8) is 0 Å². The summed E-state index contributed by atoms with van der Waals surface area (Å²) in [6, 6.07) is 8.87. The van der Waals surface area contributed by atoms with Crippen molar-refractivity contribution in [2.75, 3.05) is 19.7 Å². The third kappa shape index (κ3) is 5.47. The minimum absolute atomic E-state index is 0.0676. The molecule has 2 amide bonds. The monoisotopic (exact) mass is 390 g/mol. The van der Waals surface area contributed by atoms with Crippen LogP contribution in [0.3, 0.4) is 0 Å². The van der Waals surface area contributed by atoms with Gasteiger partial charge in [0.05, 0.1) is 0 Å². The number of carboxylic acid groups (broad SMARTS) is 1. The number of nitrogens with zero attached hydrogens (tertiary/aromatic N) is 1. The molecule has 2 rings (SSSR count).